The summed E-state index contributed by atoms with van der Waals surface area (Å²) in [6, 6.07) is 0. The van der Waals surface area contributed by atoms with Crippen LogP contribution in [-0.4, -0.2) is 29.4 Å². The zero-order chi connectivity index (χ0) is 9.26. The Morgan fingerprint density at radius 2 is 2.23 bits per heavy atom. The van der Waals surface area contributed by atoms with Crippen molar-refractivity contribution in [1.29, 1.82) is 0 Å². The van der Waals surface area contributed by atoms with Crippen LogP contribution in [0.2, 0.25) is 0 Å². The number of carbonyl (C=O) groups excluding carboxylic acids is 1. The third kappa shape index (κ3) is 1.65. The van der Waals surface area contributed by atoms with Gasteiger partial charge in [0.2, 0.25) is 6.41 Å². The molecule has 0 saturated heterocycles. The quantitative estimate of drug-likeness (QED) is 0.658. The second kappa shape index (κ2) is 3.33. The maximum absolute atomic E-state index is 10.5. The SMILES string of the molecule is Nc1nc2c(s1)CCN(C=O)CC2. The van der Waals surface area contributed by atoms with E-state index in [0.717, 1.165) is 38.0 Å². The number of thiazole rings is 1. The van der Waals surface area contributed by atoms with Gasteiger partial charge in [0.05, 0.1) is 5.69 Å². The molecule has 2 N–H and O–H groups in total. The molecule has 1 aromatic heterocycles. The van der Waals surface area contributed by atoms with Crippen molar-refractivity contribution < 1.29 is 4.79 Å². The molecule has 5 heteroatoms. The summed E-state index contributed by atoms with van der Waals surface area (Å²) in [4.78, 5) is 17.8. The molecule has 1 aromatic rings. The highest BCUT2D eigenvalue weighted by molar-refractivity contribution is 7.15. The second-order valence-electron chi connectivity index (χ2n) is 3.06. The van der Waals surface area contributed by atoms with Gasteiger partial charge in [-0.15, -0.1) is 11.3 Å². The molecule has 2 rings (SSSR count). The molecule has 0 spiro atoms. The first-order valence-electron chi connectivity index (χ1n) is 4.23. The fourth-order valence-electron chi connectivity index (χ4n) is 1.51. The zero-order valence-corrected chi connectivity index (χ0v) is 8.01. The Kier molecular flexibility index (Phi) is 2.18. The summed E-state index contributed by atoms with van der Waals surface area (Å²) < 4.78 is 0. The van der Waals surface area contributed by atoms with E-state index in [-0.39, 0.29) is 0 Å². The van der Waals surface area contributed by atoms with Gasteiger partial charge in [-0.3, -0.25) is 4.79 Å². The predicted molar refractivity (Wildman–Crippen MR) is 51.6 cm³/mol. The number of carbonyl (C=O) groups is 1. The van der Waals surface area contributed by atoms with Crippen molar-refractivity contribution in [3.05, 3.63) is 10.6 Å². The van der Waals surface area contributed by atoms with E-state index < -0.39 is 0 Å². The first-order chi connectivity index (χ1) is 6.29. The van der Waals surface area contributed by atoms with Crippen molar-refractivity contribution in [2.75, 3.05) is 18.8 Å². The molecule has 70 valence electrons. The van der Waals surface area contributed by atoms with E-state index in [1.165, 1.54) is 4.88 Å². The topological polar surface area (TPSA) is 59.2 Å². The highest BCUT2D eigenvalue weighted by atomic mass is 32.1. The van der Waals surface area contributed by atoms with Crippen molar-refractivity contribution >= 4 is 22.9 Å². The standard InChI is InChI=1S/C8H11N3OS/c9-8-10-6-1-3-11(5-12)4-2-7(6)13-8/h5H,1-4H2,(H2,9,10). The smallest absolute Gasteiger partial charge is 0.209 e. The lowest BCUT2D eigenvalue weighted by molar-refractivity contribution is -0.118. The molecule has 1 aliphatic rings. The highest BCUT2D eigenvalue weighted by Crippen LogP contribution is 2.23. The maximum atomic E-state index is 10.5. The number of nitrogen functional groups attached to an aromatic ring is 1. The molecule has 1 amide bonds. The monoisotopic (exact) mass is 197 g/mol. The average molecular weight is 197 g/mol. The summed E-state index contributed by atoms with van der Waals surface area (Å²) in [5.74, 6) is 0. The summed E-state index contributed by atoms with van der Waals surface area (Å²) in [6.45, 7) is 1.55. The van der Waals surface area contributed by atoms with E-state index in [1.54, 1.807) is 16.2 Å². The molecular formula is C8H11N3OS. The molecule has 0 unspecified atom stereocenters. The van der Waals surface area contributed by atoms with Gasteiger partial charge in [0.1, 0.15) is 0 Å². The van der Waals surface area contributed by atoms with Gasteiger partial charge in [0.25, 0.3) is 0 Å². The largest absolute Gasteiger partial charge is 0.375 e. The van der Waals surface area contributed by atoms with Crippen LogP contribution in [0.25, 0.3) is 0 Å². The molecule has 0 aliphatic carbocycles. The molecule has 0 saturated carbocycles. The molecule has 0 fully saturated rings. The van der Waals surface area contributed by atoms with Crippen LogP contribution in [-0.2, 0) is 17.6 Å². The number of rotatable bonds is 1. The number of nitrogens with two attached hydrogens (primary N) is 1. The van der Waals surface area contributed by atoms with Gasteiger partial charge in [-0.25, -0.2) is 4.98 Å². The number of hydrogen-bond acceptors (Lipinski definition) is 4. The zero-order valence-electron chi connectivity index (χ0n) is 7.19. The number of amides is 1. The molecule has 0 aromatic carbocycles. The van der Waals surface area contributed by atoms with Gasteiger partial charge in [-0.1, -0.05) is 0 Å². The van der Waals surface area contributed by atoms with Gasteiger partial charge in [0, 0.05) is 30.8 Å². The Morgan fingerprint density at radius 1 is 1.46 bits per heavy atom. The number of anilines is 1. The number of hydrogen-bond donors (Lipinski definition) is 1. The number of nitrogens with zero attached hydrogens (tertiary/aromatic N) is 2. The lowest BCUT2D eigenvalue weighted by Crippen LogP contribution is -2.24. The van der Waals surface area contributed by atoms with E-state index in [1.807, 2.05) is 0 Å². The molecule has 4 nitrogen and oxygen atoms in total. The third-order valence-electron chi connectivity index (χ3n) is 2.21. The Balaban J connectivity index is 2.19. The second-order valence-corrected chi connectivity index (χ2v) is 4.18. The fourth-order valence-corrected chi connectivity index (χ4v) is 2.37. The van der Waals surface area contributed by atoms with Crippen LogP contribution in [0.1, 0.15) is 10.6 Å². The van der Waals surface area contributed by atoms with Crippen LogP contribution in [0.5, 0.6) is 0 Å². The average Bonchev–Trinajstić information content (AvgIpc) is 2.37. The van der Waals surface area contributed by atoms with E-state index in [0.29, 0.717) is 5.13 Å². The lowest BCUT2D eigenvalue weighted by Gasteiger charge is -2.12. The van der Waals surface area contributed by atoms with Crippen molar-refractivity contribution in [1.82, 2.24) is 9.88 Å². The van der Waals surface area contributed by atoms with Crippen molar-refractivity contribution in [2.45, 2.75) is 12.8 Å². The van der Waals surface area contributed by atoms with Gasteiger partial charge in [-0.05, 0) is 0 Å². The Labute approximate surface area is 80.4 Å². The molecule has 1 aliphatic heterocycles. The van der Waals surface area contributed by atoms with Crippen LogP contribution in [0, 0.1) is 0 Å². The Morgan fingerprint density at radius 3 is 3.00 bits per heavy atom. The summed E-state index contributed by atoms with van der Waals surface area (Å²) >= 11 is 1.54. The lowest BCUT2D eigenvalue weighted by atomic mass is 10.2. The minimum Gasteiger partial charge on any atom is -0.375 e. The van der Waals surface area contributed by atoms with E-state index >= 15 is 0 Å². The molecule has 0 radical (unpaired) electrons. The minimum absolute atomic E-state index is 0.643. The van der Waals surface area contributed by atoms with Crippen LogP contribution >= 0.6 is 11.3 Å². The number of aromatic nitrogens is 1. The number of fused-ring (bicyclic) bond motifs is 1. The maximum Gasteiger partial charge on any atom is 0.209 e. The minimum atomic E-state index is 0.643. The van der Waals surface area contributed by atoms with Crippen LogP contribution in [0.3, 0.4) is 0 Å². The van der Waals surface area contributed by atoms with Crippen molar-refractivity contribution in [3.8, 4) is 0 Å². The van der Waals surface area contributed by atoms with Gasteiger partial charge < -0.3 is 10.6 Å². The van der Waals surface area contributed by atoms with Gasteiger partial charge >= 0.3 is 0 Å². The van der Waals surface area contributed by atoms with Gasteiger partial charge in [-0.2, -0.15) is 0 Å². The Hall–Kier alpha value is -1.10. The van der Waals surface area contributed by atoms with Gasteiger partial charge in [0.15, 0.2) is 5.13 Å². The van der Waals surface area contributed by atoms with E-state index in [9.17, 15) is 4.79 Å². The van der Waals surface area contributed by atoms with Crippen molar-refractivity contribution in [2.24, 2.45) is 0 Å². The van der Waals surface area contributed by atoms with Crippen molar-refractivity contribution in [3.63, 3.8) is 0 Å². The summed E-state index contributed by atoms with van der Waals surface area (Å²) in [6.07, 6.45) is 2.63. The van der Waals surface area contributed by atoms with Crippen LogP contribution in [0.4, 0.5) is 5.13 Å². The first-order valence-corrected chi connectivity index (χ1v) is 5.04. The van der Waals surface area contributed by atoms with E-state index in [4.69, 9.17) is 5.73 Å². The summed E-state index contributed by atoms with van der Waals surface area (Å²) in [5, 5.41) is 0.643. The highest BCUT2D eigenvalue weighted by Gasteiger charge is 2.15. The molecule has 13 heavy (non-hydrogen) atoms. The molecule has 0 atom stereocenters. The first kappa shape index (κ1) is 8.50. The molecule has 2 heterocycles. The summed E-state index contributed by atoms with van der Waals surface area (Å²) in [5.41, 5.74) is 6.68. The van der Waals surface area contributed by atoms with Crippen LogP contribution < -0.4 is 5.73 Å². The Bertz CT molecular complexity index is 298. The summed E-state index contributed by atoms with van der Waals surface area (Å²) in [7, 11) is 0. The van der Waals surface area contributed by atoms with Crippen LogP contribution in [0.15, 0.2) is 0 Å². The fraction of sp³-hybridized carbons (Fsp3) is 0.500. The predicted octanol–water partition coefficient (Wildman–Crippen LogP) is 0.282. The molecule has 0 bridgehead atoms. The normalized spacial score (nSPS) is 16.5. The third-order valence-corrected chi connectivity index (χ3v) is 3.19. The molecular weight excluding hydrogens is 186 g/mol. The van der Waals surface area contributed by atoms with E-state index in [2.05, 4.69) is 4.98 Å².